The first-order valence-electron chi connectivity index (χ1n) is 7.78. The lowest BCUT2D eigenvalue weighted by molar-refractivity contribution is -0.114. The average molecular weight is 306 g/mol. The van der Waals surface area contributed by atoms with Crippen LogP contribution in [0.1, 0.15) is 50.4 Å². The van der Waals surface area contributed by atoms with E-state index in [0.717, 1.165) is 19.3 Å². The van der Waals surface area contributed by atoms with Gasteiger partial charge in [0.2, 0.25) is 5.91 Å². The molecule has 1 aliphatic heterocycles. The summed E-state index contributed by atoms with van der Waals surface area (Å²) in [5.41, 5.74) is 0.467. The predicted molar refractivity (Wildman–Crippen MR) is 84.2 cm³/mol. The zero-order valence-electron chi connectivity index (χ0n) is 13.4. The van der Waals surface area contributed by atoms with Crippen molar-refractivity contribution in [3.8, 4) is 0 Å². The van der Waals surface area contributed by atoms with Crippen molar-refractivity contribution in [2.24, 2.45) is 5.92 Å². The van der Waals surface area contributed by atoms with Crippen molar-refractivity contribution < 1.29 is 14.0 Å². The predicted octanol–water partition coefficient (Wildman–Crippen LogP) is 3.43. The standard InChI is InChI=1S/C17H23FN2O2/c1-11(2)16-6-4-5-9-20(16)17(22)14-10-13(19-12(3)21)7-8-15(14)18/h7-8,10-11,16H,4-6,9H2,1-3H3,(H,19,21). The van der Waals surface area contributed by atoms with Crippen LogP contribution in [0.4, 0.5) is 10.1 Å². The average Bonchev–Trinajstić information content (AvgIpc) is 2.48. The van der Waals surface area contributed by atoms with E-state index in [-0.39, 0.29) is 23.4 Å². The number of rotatable bonds is 3. The van der Waals surface area contributed by atoms with Gasteiger partial charge >= 0.3 is 0 Å². The van der Waals surface area contributed by atoms with E-state index in [9.17, 15) is 14.0 Å². The minimum atomic E-state index is -0.549. The quantitative estimate of drug-likeness (QED) is 0.930. The number of nitrogens with zero attached hydrogens (tertiary/aromatic N) is 1. The van der Waals surface area contributed by atoms with Crippen molar-refractivity contribution in [3.05, 3.63) is 29.6 Å². The van der Waals surface area contributed by atoms with Crippen molar-refractivity contribution in [1.82, 2.24) is 4.90 Å². The van der Waals surface area contributed by atoms with Gasteiger partial charge in [-0.3, -0.25) is 9.59 Å². The van der Waals surface area contributed by atoms with Crippen molar-refractivity contribution in [3.63, 3.8) is 0 Å². The lowest BCUT2D eigenvalue weighted by atomic mass is 9.92. The number of amides is 2. The molecular formula is C17H23FN2O2. The summed E-state index contributed by atoms with van der Waals surface area (Å²) in [6, 6.07) is 4.26. The van der Waals surface area contributed by atoms with Gasteiger partial charge in [-0.05, 0) is 43.4 Å². The Balaban J connectivity index is 2.29. The number of benzene rings is 1. The summed E-state index contributed by atoms with van der Waals surface area (Å²) in [6.07, 6.45) is 3.00. The molecule has 1 unspecified atom stereocenters. The number of nitrogens with one attached hydrogen (secondary N) is 1. The minimum Gasteiger partial charge on any atom is -0.335 e. The van der Waals surface area contributed by atoms with Gasteiger partial charge in [0, 0.05) is 25.2 Å². The summed E-state index contributed by atoms with van der Waals surface area (Å²) in [5, 5.41) is 2.59. The van der Waals surface area contributed by atoms with Crippen molar-refractivity contribution in [1.29, 1.82) is 0 Å². The fraction of sp³-hybridized carbons (Fsp3) is 0.529. The maximum absolute atomic E-state index is 14.1. The number of piperidine rings is 1. The van der Waals surface area contributed by atoms with Crippen LogP contribution in [-0.4, -0.2) is 29.3 Å². The zero-order chi connectivity index (χ0) is 16.3. The molecular weight excluding hydrogens is 283 g/mol. The van der Waals surface area contributed by atoms with Crippen LogP contribution in [0.3, 0.4) is 0 Å². The first kappa shape index (κ1) is 16.5. The molecule has 1 saturated heterocycles. The van der Waals surface area contributed by atoms with Crippen LogP contribution in [0.5, 0.6) is 0 Å². The number of carbonyl (C=O) groups is 2. The molecule has 1 fully saturated rings. The fourth-order valence-electron chi connectivity index (χ4n) is 3.03. The molecule has 22 heavy (non-hydrogen) atoms. The van der Waals surface area contributed by atoms with Crippen LogP contribution in [-0.2, 0) is 4.79 Å². The molecule has 0 spiro atoms. The third kappa shape index (κ3) is 3.64. The molecule has 0 bridgehead atoms. The Hall–Kier alpha value is -1.91. The van der Waals surface area contributed by atoms with Crippen LogP contribution in [0, 0.1) is 11.7 Å². The van der Waals surface area contributed by atoms with E-state index < -0.39 is 5.82 Å². The molecule has 1 aromatic carbocycles. The fourth-order valence-corrected chi connectivity index (χ4v) is 3.03. The Morgan fingerprint density at radius 2 is 2.05 bits per heavy atom. The number of likely N-dealkylation sites (tertiary alicyclic amines) is 1. The van der Waals surface area contributed by atoms with Crippen LogP contribution < -0.4 is 5.32 Å². The first-order valence-corrected chi connectivity index (χ1v) is 7.78. The van der Waals surface area contributed by atoms with Crippen LogP contribution >= 0.6 is 0 Å². The Labute approximate surface area is 130 Å². The van der Waals surface area contributed by atoms with Gasteiger partial charge < -0.3 is 10.2 Å². The maximum atomic E-state index is 14.1. The molecule has 120 valence electrons. The normalized spacial score (nSPS) is 18.4. The van der Waals surface area contributed by atoms with Gasteiger partial charge in [0.05, 0.1) is 5.56 Å². The Bertz CT molecular complexity index is 572. The van der Waals surface area contributed by atoms with Crippen LogP contribution in [0.2, 0.25) is 0 Å². The molecule has 0 aromatic heterocycles. The third-order valence-corrected chi connectivity index (χ3v) is 4.10. The number of anilines is 1. The van der Waals surface area contributed by atoms with Crippen molar-refractivity contribution in [2.75, 3.05) is 11.9 Å². The van der Waals surface area contributed by atoms with Gasteiger partial charge in [0.1, 0.15) is 5.82 Å². The Morgan fingerprint density at radius 1 is 1.32 bits per heavy atom. The Morgan fingerprint density at radius 3 is 2.68 bits per heavy atom. The van der Waals surface area contributed by atoms with E-state index in [2.05, 4.69) is 19.2 Å². The molecule has 1 N–H and O–H groups in total. The highest BCUT2D eigenvalue weighted by Gasteiger charge is 2.30. The molecule has 1 heterocycles. The summed E-state index contributed by atoms with van der Waals surface area (Å²) in [7, 11) is 0. The highest BCUT2D eigenvalue weighted by atomic mass is 19.1. The molecule has 1 atom stereocenters. The maximum Gasteiger partial charge on any atom is 0.257 e. The van der Waals surface area contributed by atoms with Gasteiger partial charge in [-0.2, -0.15) is 0 Å². The third-order valence-electron chi connectivity index (χ3n) is 4.10. The SMILES string of the molecule is CC(=O)Nc1ccc(F)c(C(=O)N2CCCCC2C(C)C)c1. The molecule has 2 amide bonds. The number of carbonyl (C=O) groups excluding carboxylic acids is 2. The second-order valence-corrected chi connectivity index (χ2v) is 6.18. The minimum absolute atomic E-state index is 0.0267. The second kappa shape index (κ2) is 6.90. The van der Waals surface area contributed by atoms with E-state index >= 15 is 0 Å². The van der Waals surface area contributed by atoms with Gasteiger partial charge in [0.15, 0.2) is 0 Å². The molecule has 0 radical (unpaired) electrons. The van der Waals surface area contributed by atoms with Crippen LogP contribution in [0.25, 0.3) is 0 Å². The molecule has 4 nitrogen and oxygen atoms in total. The van der Waals surface area contributed by atoms with E-state index in [4.69, 9.17) is 0 Å². The molecule has 1 aromatic rings. The lowest BCUT2D eigenvalue weighted by Crippen LogP contribution is -2.46. The summed E-state index contributed by atoms with van der Waals surface area (Å²) in [4.78, 5) is 25.7. The highest BCUT2D eigenvalue weighted by Crippen LogP contribution is 2.26. The first-order chi connectivity index (χ1) is 10.4. The van der Waals surface area contributed by atoms with Gasteiger partial charge in [-0.1, -0.05) is 13.8 Å². The smallest absolute Gasteiger partial charge is 0.257 e. The molecule has 1 aliphatic rings. The Kier molecular flexibility index (Phi) is 5.16. The van der Waals surface area contributed by atoms with Crippen LogP contribution in [0.15, 0.2) is 18.2 Å². The monoisotopic (exact) mass is 306 g/mol. The van der Waals surface area contributed by atoms with E-state index in [1.165, 1.54) is 25.1 Å². The number of hydrogen-bond acceptors (Lipinski definition) is 2. The van der Waals surface area contributed by atoms with E-state index in [1.807, 2.05) is 0 Å². The van der Waals surface area contributed by atoms with Gasteiger partial charge in [-0.15, -0.1) is 0 Å². The summed E-state index contributed by atoms with van der Waals surface area (Å²) in [6.45, 7) is 6.20. The molecule has 2 rings (SSSR count). The summed E-state index contributed by atoms with van der Waals surface area (Å²) in [5.74, 6) is -0.746. The lowest BCUT2D eigenvalue weighted by Gasteiger charge is -2.38. The second-order valence-electron chi connectivity index (χ2n) is 6.18. The van der Waals surface area contributed by atoms with E-state index in [1.54, 1.807) is 4.90 Å². The van der Waals surface area contributed by atoms with Gasteiger partial charge in [-0.25, -0.2) is 4.39 Å². The molecule has 0 saturated carbocycles. The zero-order valence-corrected chi connectivity index (χ0v) is 13.4. The summed E-state index contributed by atoms with van der Waals surface area (Å²) >= 11 is 0. The molecule has 5 heteroatoms. The van der Waals surface area contributed by atoms with Crippen molar-refractivity contribution >= 4 is 17.5 Å². The van der Waals surface area contributed by atoms with Gasteiger partial charge in [0.25, 0.3) is 5.91 Å². The summed E-state index contributed by atoms with van der Waals surface area (Å²) < 4.78 is 14.1. The number of halogens is 1. The topological polar surface area (TPSA) is 49.4 Å². The molecule has 0 aliphatic carbocycles. The highest BCUT2D eigenvalue weighted by molar-refractivity contribution is 5.97. The number of hydrogen-bond donors (Lipinski definition) is 1. The van der Waals surface area contributed by atoms with E-state index in [0.29, 0.717) is 18.2 Å². The van der Waals surface area contributed by atoms with Crippen molar-refractivity contribution in [2.45, 2.75) is 46.1 Å². The largest absolute Gasteiger partial charge is 0.335 e.